The molecule has 3 rings (SSSR count). The van der Waals surface area contributed by atoms with Gasteiger partial charge in [0.1, 0.15) is 11.5 Å². The van der Waals surface area contributed by atoms with E-state index in [2.05, 4.69) is 10.3 Å². The minimum absolute atomic E-state index is 0.269. The fourth-order valence-electron chi connectivity index (χ4n) is 2.45. The number of pyridine rings is 1. The average Bonchev–Trinajstić information content (AvgIpc) is 2.68. The van der Waals surface area contributed by atoms with Gasteiger partial charge in [0.25, 0.3) is 5.91 Å². The molecule has 0 bridgehead atoms. The molecule has 0 unspecified atom stereocenters. The summed E-state index contributed by atoms with van der Waals surface area (Å²) in [6.07, 6.45) is 3.23. The molecule has 26 heavy (non-hydrogen) atoms. The molecule has 2 aromatic carbocycles. The Morgan fingerprint density at radius 3 is 2.38 bits per heavy atom. The van der Waals surface area contributed by atoms with Crippen molar-refractivity contribution in [2.75, 3.05) is 19.5 Å². The van der Waals surface area contributed by atoms with Crippen LogP contribution in [-0.4, -0.2) is 25.1 Å². The van der Waals surface area contributed by atoms with E-state index >= 15 is 0 Å². The highest BCUT2D eigenvalue weighted by Gasteiger charge is 2.10. The van der Waals surface area contributed by atoms with E-state index in [9.17, 15) is 4.79 Å². The fraction of sp³-hybridized carbons (Fsp3) is 0.100. The van der Waals surface area contributed by atoms with Gasteiger partial charge in [-0.05, 0) is 42.0 Å². The van der Waals surface area contributed by atoms with Crippen LogP contribution in [0.3, 0.4) is 0 Å². The number of hydrogen-bond acceptors (Lipinski definition) is 4. The largest absolute Gasteiger partial charge is 0.497 e. The summed E-state index contributed by atoms with van der Waals surface area (Å²) in [5.41, 5.74) is 2.81. The lowest BCUT2D eigenvalue weighted by Crippen LogP contribution is -2.12. The number of amides is 1. The number of carbonyl (C=O) groups excluding carboxylic acids is 1. The molecule has 5 nitrogen and oxygen atoms in total. The number of halogens is 1. The summed E-state index contributed by atoms with van der Waals surface area (Å²) in [6, 6.07) is 14.4. The number of anilines is 1. The van der Waals surface area contributed by atoms with E-state index in [1.54, 1.807) is 37.6 Å². The van der Waals surface area contributed by atoms with E-state index in [-0.39, 0.29) is 5.91 Å². The minimum Gasteiger partial charge on any atom is -0.497 e. The van der Waals surface area contributed by atoms with E-state index in [4.69, 9.17) is 21.1 Å². The fourth-order valence-corrected chi connectivity index (χ4v) is 2.71. The highest BCUT2D eigenvalue weighted by Crippen LogP contribution is 2.28. The van der Waals surface area contributed by atoms with Crippen molar-refractivity contribution in [2.24, 2.45) is 0 Å². The molecule has 3 aromatic rings. The van der Waals surface area contributed by atoms with E-state index in [1.165, 1.54) is 13.3 Å². The van der Waals surface area contributed by atoms with Gasteiger partial charge in [0.15, 0.2) is 0 Å². The SMILES string of the molecule is COc1ccc(-c2cncc(C(=O)Nc3ccc(OC)c(Cl)c3)c2)cc1. The number of rotatable bonds is 5. The Kier molecular flexibility index (Phi) is 5.39. The lowest BCUT2D eigenvalue weighted by Gasteiger charge is -2.09. The monoisotopic (exact) mass is 368 g/mol. The maximum Gasteiger partial charge on any atom is 0.257 e. The van der Waals surface area contributed by atoms with E-state index < -0.39 is 0 Å². The van der Waals surface area contributed by atoms with Crippen LogP contribution < -0.4 is 14.8 Å². The van der Waals surface area contributed by atoms with Crippen molar-refractivity contribution in [1.82, 2.24) is 4.98 Å². The van der Waals surface area contributed by atoms with Crippen LogP contribution in [0.5, 0.6) is 11.5 Å². The average molecular weight is 369 g/mol. The molecule has 0 atom stereocenters. The summed E-state index contributed by atoms with van der Waals surface area (Å²) in [4.78, 5) is 16.7. The molecule has 1 heterocycles. The quantitative estimate of drug-likeness (QED) is 0.710. The van der Waals surface area contributed by atoms with Gasteiger partial charge in [-0.1, -0.05) is 23.7 Å². The maximum absolute atomic E-state index is 12.5. The topological polar surface area (TPSA) is 60.5 Å². The van der Waals surface area contributed by atoms with E-state index in [0.717, 1.165) is 16.9 Å². The smallest absolute Gasteiger partial charge is 0.257 e. The molecule has 0 aliphatic rings. The van der Waals surface area contributed by atoms with Crippen molar-refractivity contribution in [1.29, 1.82) is 0 Å². The lowest BCUT2D eigenvalue weighted by atomic mass is 10.1. The maximum atomic E-state index is 12.5. The van der Waals surface area contributed by atoms with Crippen LogP contribution in [0.2, 0.25) is 5.02 Å². The number of benzene rings is 2. The summed E-state index contributed by atoms with van der Waals surface area (Å²) < 4.78 is 10.3. The number of methoxy groups -OCH3 is 2. The normalized spacial score (nSPS) is 10.3. The van der Waals surface area contributed by atoms with Crippen molar-refractivity contribution < 1.29 is 14.3 Å². The summed E-state index contributed by atoms with van der Waals surface area (Å²) in [5.74, 6) is 1.05. The molecular weight excluding hydrogens is 352 g/mol. The zero-order chi connectivity index (χ0) is 18.5. The number of ether oxygens (including phenoxy) is 2. The Morgan fingerprint density at radius 1 is 0.962 bits per heavy atom. The third-order valence-corrected chi connectivity index (χ3v) is 4.13. The first-order chi connectivity index (χ1) is 12.6. The molecule has 1 amide bonds. The predicted octanol–water partition coefficient (Wildman–Crippen LogP) is 4.67. The second kappa shape index (κ2) is 7.89. The first-order valence-electron chi connectivity index (χ1n) is 7.85. The minimum atomic E-state index is -0.269. The van der Waals surface area contributed by atoms with Crippen molar-refractivity contribution in [3.05, 3.63) is 71.5 Å². The molecule has 0 radical (unpaired) electrons. The summed E-state index contributed by atoms with van der Waals surface area (Å²) in [7, 11) is 3.16. The van der Waals surface area contributed by atoms with E-state index in [0.29, 0.717) is 22.0 Å². The van der Waals surface area contributed by atoms with Crippen LogP contribution in [-0.2, 0) is 0 Å². The summed E-state index contributed by atoms with van der Waals surface area (Å²) in [5, 5.41) is 3.23. The Hall–Kier alpha value is -3.05. The highest BCUT2D eigenvalue weighted by molar-refractivity contribution is 6.32. The van der Waals surface area contributed by atoms with Crippen molar-refractivity contribution >= 4 is 23.2 Å². The first-order valence-corrected chi connectivity index (χ1v) is 8.23. The predicted molar refractivity (Wildman–Crippen MR) is 102 cm³/mol. The number of nitrogens with zero attached hydrogens (tertiary/aromatic N) is 1. The Balaban J connectivity index is 1.80. The van der Waals surface area contributed by atoms with Crippen LogP contribution >= 0.6 is 11.6 Å². The van der Waals surface area contributed by atoms with E-state index in [1.807, 2.05) is 24.3 Å². The molecule has 1 N–H and O–H groups in total. The number of nitrogens with one attached hydrogen (secondary N) is 1. The number of hydrogen-bond donors (Lipinski definition) is 1. The Bertz CT molecular complexity index is 927. The standard InChI is InChI=1S/C20H17ClN2O3/c1-25-17-6-3-13(4-7-17)14-9-15(12-22-11-14)20(24)23-16-5-8-19(26-2)18(21)10-16/h3-12H,1-2H3,(H,23,24). The van der Waals surface area contributed by atoms with Crippen LogP contribution in [0.15, 0.2) is 60.9 Å². The molecule has 0 fully saturated rings. The molecule has 132 valence electrons. The van der Waals surface area contributed by atoms with Gasteiger partial charge in [0.05, 0.1) is 24.8 Å². The molecule has 6 heteroatoms. The third kappa shape index (κ3) is 3.95. The zero-order valence-corrected chi connectivity index (χ0v) is 15.1. The third-order valence-electron chi connectivity index (χ3n) is 3.83. The lowest BCUT2D eigenvalue weighted by molar-refractivity contribution is 0.102. The molecule has 0 aliphatic heterocycles. The van der Waals surface area contributed by atoms with Crippen LogP contribution in [0.4, 0.5) is 5.69 Å². The van der Waals surface area contributed by atoms with Gasteiger partial charge in [0, 0.05) is 23.6 Å². The molecule has 0 spiro atoms. The Morgan fingerprint density at radius 2 is 1.73 bits per heavy atom. The van der Waals surface area contributed by atoms with Gasteiger partial charge in [-0.3, -0.25) is 9.78 Å². The van der Waals surface area contributed by atoms with Gasteiger partial charge in [-0.15, -0.1) is 0 Å². The van der Waals surface area contributed by atoms with Gasteiger partial charge >= 0.3 is 0 Å². The van der Waals surface area contributed by atoms with Crippen molar-refractivity contribution in [2.45, 2.75) is 0 Å². The number of carbonyl (C=O) groups is 1. The van der Waals surface area contributed by atoms with Gasteiger partial charge in [-0.25, -0.2) is 0 Å². The summed E-state index contributed by atoms with van der Waals surface area (Å²) >= 11 is 6.09. The van der Waals surface area contributed by atoms with Crippen LogP contribution in [0.1, 0.15) is 10.4 Å². The molecule has 1 aromatic heterocycles. The molecular formula is C20H17ClN2O3. The second-order valence-corrected chi connectivity index (χ2v) is 5.90. The zero-order valence-electron chi connectivity index (χ0n) is 14.3. The van der Waals surface area contributed by atoms with Crippen LogP contribution in [0.25, 0.3) is 11.1 Å². The highest BCUT2D eigenvalue weighted by atomic mass is 35.5. The van der Waals surface area contributed by atoms with Crippen LogP contribution in [0, 0.1) is 0 Å². The second-order valence-electron chi connectivity index (χ2n) is 5.49. The molecule has 0 aliphatic carbocycles. The van der Waals surface area contributed by atoms with Gasteiger partial charge in [-0.2, -0.15) is 0 Å². The van der Waals surface area contributed by atoms with Crippen molar-refractivity contribution in [3.8, 4) is 22.6 Å². The first kappa shape index (κ1) is 17.8. The van der Waals surface area contributed by atoms with Crippen molar-refractivity contribution in [3.63, 3.8) is 0 Å². The number of aromatic nitrogens is 1. The van der Waals surface area contributed by atoms with Gasteiger partial charge < -0.3 is 14.8 Å². The summed E-state index contributed by atoms with van der Waals surface area (Å²) in [6.45, 7) is 0. The molecule has 0 saturated heterocycles. The molecule has 0 saturated carbocycles. The Labute approximate surface area is 156 Å². The van der Waals surface area contributed by atoms with Gasteiger partial charge in [0.2, 0.25) is 0 Å².